The summed E-state index contributed by atoms with van der Waals surface area (Å²) in [6, 6.07) is 9.68. The number of thiophene rings is 1. The zero-order valence-electron chi connectivity index (χ0n) is 9.29. The molecule has 0 fully saturated rings. The average Bonchev–Trinajstić information content (AvgIpc) is 2.95. The summed E-state index contributed by atoms with van der Waals surface area (Å²) in [5, 5.41) is 11.8. The fourth-order valence-corrected chi connectivity index (χ4v) is 3.59. The summed E-state index contributed by atoms with van der Waals surface area (Å²) in [6.45, 7) is 0. The molecule has 0 atom stereocenters. The molecule has 1 aromatic carbocycles. The molecule has 3 aromatic rings. The van der Waals surface area contributed by atoms with Crippen molar-refractivity contribution < 1.29 is 9.90 Å². The van der Waals surface area contributed by atoms with Crippen LogP contribution in [0, 0.1) is 0 Å². The van der Waals surface area contributed by atoms with Gasteiger partial charge in [-0.1, -0.05) is 12.1 Å². The molecule has 0 aliphatic rings. The molecule has 0 unspecified atom stereocenters. The summed E-state index contributed by atoms with van der Waals surface area (Å²) in [4.78, 5) is 16.4. The quantitative estimate of drug-likeness (QED) is 0.793. The number of carbonyl (C=O) groups is 1. The molecule has 0 radical (unpaired) electrons. The van der Waals surface area contributed by atoms with Gasteiger partial charge in [-0.2, -0.15) is 0 Å². The molecular formula is C13H9NO2S2. The van der Waals surface area contributed by atoms with Crippen molar-refractivity contribution >= 4 is 38.9 Å². The van der Waals surface area contributed by atoms with E-state index < -0.39 is 5.97 Å². The molecule has 3 nitrogen and oxygen atoms in total. The van der Waals surface area contributed by atoms with E-state index in [1.54, 1.807) is 22.7 Å². The Kier molecular flexibility index (Phi) is 2.85. The highest BCUT2D eigenvalue weighted by molar-refractivity contribution is 7.25. The lowest BCUT2D eigenvalue weighted by Gasteiger charge is -1.95. The summed E-state index contributed by atoms with van der Waals surface area (Å²) in [5.74, 6) is -0.808. The van der Waals surface area contributed by atoms with Gasteiger partial charge in [-0.3, -0.25) is 4.79 Å². The highest BCUT2D eigenvalue weighted by Crippen LogP contribution is 2.33. The topological polar surface area (TPSA) is 50.2 Å². The normalized spacial score (nSPS) is 10.9. The first-order valence-electron chi connectivity index (χ1n) is 5.37. The number of carboxylic acid groups (broad SMARTS) is 1. The monoisotopic (exact) mass is 275 g/mol. The van der Waals surface area contributed by atoms with Gasteiger partial charge in [-0.15, -0.1) is 22.7 Å². The number of hydrogen-bond donors (Lipinski definition) is 1. The van der Waals surface area contributed by atoms with Crippen LogP contribution in [0.15, 0.2) is 35.7 Å². The summed E-state index contributed by atoms with van der Waals surface area (Å²) >= 11 is 3.26. The van der Waals surface area contributed by atoms with Crippen LogP contribution < -0.4 is 0 Å². The maximum atomic E-state index is 10.7. The number of aliphatic carboxylic acids is 1. The van der Waals surface area contributed by atoms with Crippen molar-refractivity contribution in [2.45, 2.75) is 6.42 Å². The standard InChI is InChI=1S/C13H9NO2S2/c15-12(16)7-8-3-4-9-11(6-8)18-13(14-9)10-2-1-5-17-10/h1-6H,7H2,(H,15,16). The first-order valence-corrected chi connectivity index (χ1v) is 7.07. The molecule has 18 heavy (non-hydrogen) atoms. The molecule has 2 aromatic heterocycles. The Balaban J connectivity index is 2.04. The Labute approximate surface area is 111 Å². The second kappa shape index (κ2) is 4.51. The summed E-state index contributed by atoms with van der Waals surface area (Å²) in [5.41, 5.74) is 1.74. The van der Waals surface area contributed by atoms with Crippen molar-refractivity contribution in [3.05, 3.63) is 41.3 Å². The lowest BCUT2D eigenvalue weighted by Crippen LogP contribution is -1.99. The minimum atomic E-state index is -0.808. The third-order valence-electron chi connectivity index (χ3n) is 2.54. The van der Waals surface area contributed by atoms with Gasteiger partial charge in [0.25, 0.3) is 0 Å². The van der Waals surface area contributed by atoms with Crippen molar-refractivity contribution in [2.24, 2.45) is 0 Å². The number of hydrogen-bond acceptors (Lipinski definition) is 4. The van der Waals surface area contributed by atoms with Crippen LogP contribution >= 0.6 is 22.7 Å². The van der Waals surface area contributed by atoms with Crippen LogP contribution in [-0.4, -0.2) is 16.1 Å². The van der Waals surface area contributed by atoms with Crippen molar-refractivity contribution in [3.63, 3.8) is 0 Å². The Hall–Kier alpha value is -1.72. The lowest BCUT2D eigenvalue weighted by atomic mass is 10.1. The molecule has 0 aliphatic carbocycles. The third kappa shape index (κ3) is 2.14. The fourth-order valence-electron chi connectivity index (χ4n) is 1.76. The second-order valence-corrected chi connectivity index (χ2v) is 5.85. The molecule has 0 spiro atoms. The summed E-state index contributed by atoms with van der Waals surface area (Å²) in [6.07, 6.45) is 0.0577. The fraction of sp³-hybridized carbons (Fsp3) is 0.0769. The Morgan fingerprint density at radius 2 is 2.22 bits per heavy atom. The Morgan fingerprint density at radius 3 is 2.94 bits per heavy atom. The van der Waals surface area contributed by atoms with Crippen LogP contribution in [0.4, 0.5) is 0 Å². The van der Waals surface area contributed by atoms with Crippen LogP contribution in [0.25, 0.3) is 20.1 Å². The number of carboxylic acids is 1. The molecule has 0 saturated heterocycles. The minimum absolute atomic E-state index is 0.0577. The average molecular weight is 275 g/mol. The predicted molar refractivity (Wildman–Crippen MR) is 74.3 cm³/mol. The molecule has 0 aliphatic heterocycles. The van der Waals surface area contributed by atoms with E-state index in [1.165, 1.54) is 0 Å². The first-order chi connectivity index (χ1) is 8.72. The van der Waals surface area contributed by atoms with Crippen LogP contribution in [0.2, 0.25) is 0 Å². The van der Waals surface area contributed by atoms with Gasteiger partial charge in [0.2, 0.25) is 0 Å². The van der Waals surface area contributed by atoms with Gasteiger partial charge in [0.1, 0.15) is 5.01 Å². The second-order valence-electron chi connectivity index (χ2n) is 3.87. The zero-order valence-corrected chi connectivity index (χ0v) is 10.9. The van der Waals surface area contributed by atoms with E-state index in [2.05, 4.69) is 4.98 Å². The number of fused-ring (bicyclic) bond motifs is 1. The number of nitrogens with zero attached hydrogens (tertiary/aromatic N) is 1. The van der Waals surface area contributed by atoms with Gasteiger partial charge < -0.3 is 5.11 Å². The van der Waals surface area contributed by atoms with Gasteiger partial charge in [-0.05, 0) is 29.1 Å². The summed E-state index contributed by atoms with van der Waals surface area (Å²) < 4.78 is 1.04. The largest absolute Gasteiger partial charge is 0.481 e. The van der Waals surface area contributed by atoms with Crippen molar-refractivity contribution in [1.29, 1.82) is 0 Å². The molecule has 5 heteroatoms. The van der Waals surface area contributed by atoms with Crippen molar-refractivity contribution in [2.75, 3.05) is 0 Å². The molecule has 2 heterocycles. The van der Waals surface area contributed by atoms with Gasteiger partial charge in [0, 0.05) is 0 Å². The Bertz CT molecular complexity index is 701. The summed E-state index contributed by atoms with van der Waals surface area (Å²) in [7, 11) is 0. The van der Waals surface area contributed by atoms with E-state index in [0.29, 0.717) is 0 Å². The predicted octanol–water partition coefficient (Wildman–Crippen LogP) is 3.65. The molecule has 0 saturated carbocycles. The van der Waals surface area contributed by atoms with Crippen molar-refractivity contribution in [1.82, 2.24) is 4.98 Å². The smallest absolute Gasteiger partial charge is 0.307 e. The van der Waals surface area contributed by atoms with Crippen LogP contribution in [-0.2, 0) is 11.2 Å². The Morgan fingerprint density at radius 1 is 1.33 bits per heavy atom. The number of rotatable bonds is 3. The number of aromatic nitrogens is 1. The van der Waals surface area contributed by atoms with Gasteiger partial charge in [0.05, 0.1) is 21.5 Å². The van der Waals surface area contributed by atoms with E-state index >= 15 is 0 Å². The van der Waals surface area contributed by atoms with E-state index in [1.807, 2.05) is 35.7 Å². The number of thiazole rings is 1. The maximum Gasteiger partial charge on any atom is 0.307 e. The molecular weight excluding hydrogens is 266 g/mol. The van der Waals surface area contributed by atoms with Crippen LogP contribution in [0.1, 0.15) is 5.56 Å². The molecule has 0 amide bonds. The maximum absolute atomic E-state index is 10.7. The van der Waals surface area contributed by atoms with Gasteiger partial charge >= 0.3 is 5.97 Å². The third-order valence-corrected chi connectivity index (χ3v) is 4.60. The van der Waals surface area contributed by atoms with E-state index in [9.17, 15) is 4.79 Å². The van der Waals surface area contributed by atoms with Gasteiger partial charge in [0.15, 0.2) is 0 Å². The first kappa shape index (κ1) is 11.4. The lowest BCUT2D eigenvalue weighted by molar-refractivity contribution is -0.136. The van der Waals surface area contributed by atoms with Crippen LogP contribution in [0.5, 0.6) is 0 Å². The van der Waals surface area contributed by atoms with Gasteiger partial charge in [-0.25, -0.2) is 4.98 Å². The SMILES string of the molecule is O=C(O)Cc1ccc2nc(-c3cccs3)sc2c1. The van der Waals surface area contributed by atoms with E-state index in [4.69, 9.17) is 5.11 Å². The highest BCUT2D eigenvalue weighted by Gasteiger charge is 2.08. The minimum Gasteiger partial charge on any atom is -0.481 e. The number of benzene rings is 1. The van der Waals surface area contributed by atoms with E-state index in [-0.39, 0.29) is 6.42 Å². The van der Waals surface area contributed by atoms with Crippen molar-refractivity contribution in [3.8, 4) is 9.88 Å². The molecule has 1 N–H and O–H groups in total. The molecule has 0 bridgehead atoms. The van der Waals surface area contributed by atoms with E-state index in [0.717, 1.165) is 25.7 Å². The van der Waals surface area contributed by atoms with Crippen LogP contribution in [0.3, 0.4) is 0 Å². The highest BCUT2D eigenvalue weighted by atomic mass is 32.1. The molecule has 3 rings (SSSR count). The zero-order chi connectivity index (χ0) is 12.5. The molecule has 90 valence electrons.